The van der Waals surface area contributed by atoms with Gasteiger partial charge in [-0.25, -0.2) is 4.99 Å². The van der Waals surface area contributed by atoms with Crippen LogP contribution < -0.4 is 20.1 Å². The molecule has 178 valence electrons. The van der Waals surface area contributed by atoms with Gasteiger partial charge in [0.25, 0.3) is 0 Å². The highest BCUT2D eigenvalue weighted by atomic mass is 127. The molecule has 0 saturated heterocycles. The highest BCUT2D eigenvalue weighted by Crippen LogP contribution is 2.12. The maximum absolute atomic E-state index is 5.77. The van der Waals surface area contributed by atoms with Crippen molar-refractivity contribution in [2.45, 2.75) is 26.5 Å². The van der Waals surface area contributed by atoms with Crippen LogP contribution in [0.3, 0.4) is 0 Å². The van der Waals surface area contributed by atoms with E-state index in [1.54, 1.807) is 14.2 Å². The second-order valence-electron chi connectivity index (χ2n) is 6.82. The summed E-state index contributed by atoms with van der Waals surface area (Å²) in [6, 6.07) is 15.8. The number of nitrogens with zero attached hydrogens (tertiary/aromatic N) is 1. The van der Waals surface area contributed by atoms with Crippen molar-refractivity contribution in [1.29, 1.82) is 0 Å². The number of guanidine groups is 1. The highest BCUT2D eigenvalue weighted by Gasteiger charge is 2.01. The van der Waals surface area contributed by atoms with Gasteiger partial charge in [-0.2, -0.15) is 0 Å². The molecule has 0 heterocycles. The molecule has 0 saturated carbocycles. The molecule has 0 fully saturated rings. The van der Waals surface area contributed by atoms with Gasteiger partial charge in [-0.05, 0) is 48.7 Å². The molecule has 32 heavy (non-hydrogen) atoms. The molecule has 2 aromatic rings. The number of nitrogens with one attached hydrogen (secondary N) is 2. The molecule has 2 rings (SSSR count). The Bertz CT molecular complexity index is 755. The highest BCUT2D eigenvalue weighted by molar-refractivity contribution is 14.0. The first kappa shape index (κ1) is 28.0. The van der Waals surface area contributed by atoms with E-state index in [1.807, 2.05) is 55.5 Å². The lowest BCUT2D eigenvalue weighted by Crippen LogP contribution is -2.39. The minimum atomic E-state index is 0. The van der Waals surface area contributed by atoms with E-state index >= 15 is 0 Å². The Morgan fingerprint density at radius 3 is 1.97 bits per heavy atom. The van der Waals surface area contributed by atoms with Crippen LogP contribution in [0.4, 0.5) is 0 Å². The minimum absolute atomic E-state index is 0. The van der Waals surface area contributed by atoms with Gasteiger partial charge in [0.15, 0.2) is 5.96 Å². The summed E-state index contributed by atoms with van der Waals surface area (Å²) in [7, 11) is 3.33. The van der Waals surface area contributed by atoms with Gasteiger partial charge in [0.05, 0.1) is 34.0 Å². The maximum Gasteiger partial charge on any atom is 0.191 e. The number of hydrogen-bond acceptors (Lipinski definition) is 5. The summed E-state index contributed by atoms with van der Waals surface area (Å²) in [5, 5.41) is 6.69. The summed E-state index contributed by atoms with van der Waals surface area (Å²) in [5.74, 6) is 2.45. The summed E-state index contributed by atoms with van der Waals surface area (Å²) in [6.07, 6.45) is 0.922. The summed E-state index contributed by atoms with van der Waals surface area (Å²) in [4.78, 5) is 4.69. The van der Waals surface area contributed by atoms with Crippen molar-refractivity contribution in [1.82, 2.24) is 10.6 Å². The Balaban J connectivity index is 0.00000512. The van der Waals surface area contributed by atoms with Gasteiger partial charge >= 0.3 is 0 Å². The summed E-state index contributed by atoms with van der Waals surface area (Å²) < 4.78 is 21.5. The van der Waals surface area contributed by atoms with Crippen molar-refractivity contribution in [2.24, 2.45) is 4.99 Å². The van der Waals surface area contributed by atoms with Gasteiger partial charge in [0.2, 0.25) is 0 Å². The lowest BCUT2D eigenvalue weighted by molar-refractivity contribution is 0.125. The Hall–Kier alpha value is -2.04. The molecule has 0 unspecified atom stereocenters. The number of benzene rings is 2. The average Bonchev–Trinajstić information content (AvgIpc) is 2.82. The molecule has 0 spiro atoms. The minimum Gasteiger partial charge on any atom is -0.497 e. The Morgan fingerprint density at radius 1 is 0.781 bits per heavy atom. The number of ether oxygens (including phenoxy) is 4. The van der Waals surface area contributed by atoms with E-state index < -0.39 is 0 Å². The van der Waals surface area contributed by atoms with Crippen molar-refractivity contribution < 1.29 is 18.9 Å². The SMILES string of the molecule is CCOCCCNC(=NCc1ccc(OC)cc1)NCCOCc1ccc(OC)cc1.I. The molecule has 0 aliphatic heterocycles. The summed E-state index contributed by atoms with van der Waals surface area (Å²) in [5.41, 5.74) is 2.23. The predicted octanol–water partition coefficient (Wildman–Crippen LogP) is 4.00. The van der Waals surface area contributed by atoms with E-state index in [1.165, 1.54) is 0 Å². The standard InChI is InChI=1S/C24H35N3O4.HI/c1-4-30-16-5-14-25-24(27-18-20-6-10-22(28-2)11-7-20)26-15-17-31-19-21-8-12-23(29-3)13-9-21;/h6-13H,4-5,14-19H2,1-3H3,(H2,25,26,27);1H. The zero-order valence-electron chi connectivity index (χ0n) is 19.3. The number of aliphatic imine (C=N–C) groups is 1. The zero-order chi connectivity index (χ0) is 22.2. The van der Waals surface area contributed by atoms with E-state index in [2.05, 4.69) is 15.6 Å². The lowest BCUT2D eigenvalue weighted by Gasteiger charge is -2.13. The van der Waals surface area contributed by atoms with E-state index in [0.717, 1.165) is 54.8 Å². The van der Waals surface area contributed by atoms with Gasteiger partial charge < -0.3 is 29.6 Å². The molecule has 2 aromatic carbocycles. The van der Waals surface area contributed by atoms with Gasteiger partial charge in [0.1, 0.15) is 11.5 Å². The lowest BCUT2D eigenvalue weighted by atomic mass is 10.2. The maximum atomic E-state index is 5.77. The molecular weight excluding hydrogens is 521 g/mol. The number of methoxy groups -OCH3 is 2. The van der Waals surface area contributed by atoms with Crippen molar-refractivity contribution in [3.8, 4) is 11.5 Å². The monoisotopic (exact) mass is 557 g/mol. The fourth-order valence-electron chi connectivity index (χ4n) is 2.75. The van der Waals surface area contributed by atoms with Crippen LogP contribution in [0.1, 0.15) is 24.5 Å². The topological polar surface area (TPSA) is 73.3 Å². The van der Waals surface area contributed by atoms with E-state index in [4.69, 9.17) is 18.9 Å². The summed E-state index contributed by atoms with van der Waals surface area (Å²) in [6.45, 7) is 6.65. The smallest absolute Gasteiger partial charge is 0.191 e. The normalized spacial score (nSPS) is 10.9. The number of hydrogen-bond donors (Lipinski definition) is 2. The summed E-state index contributed by atoms with van der Waals surface area (Å²) >= 11 is 0. The third-order valence-electron chi connectivity index (χ3n) is 4.51. The van der Waals surface area contributed by atoms with Crippen molar-refractivity contribution in [3.63, 3.8) is 0 Å². The van der Waals surface area contributed by atoms with Crippen molar-refractivity contribution >= 4 is 29.9 Å². The van der Waals surface area contributed by atoms with Crippen LogP contribution in [-0.2, 0) is 22.6 Å². The van der Waals surface area contributed by atoms with Crippen LogP contribution in [-0.4, -0.2) is 53.1 Å². The van der Waals surface area contributed by atoms with Gasteiger partial charge in [-0.1, -0.05) is 24.3 Å². The van der Waals surface area contributed by atoms with E-state index in [9.17, 15) is 0 Å². The Morgan fingerprint density at radius 2 is 1.38 bits per heavy atom. The van der Waals surface area contributed by atoms with Gasteiger partial charge in [-0.3, -0.25) is 0 Å². The first-order valence-electron chi connectivity index (χ1n) is 10.7. The quantitative estimate of drug-likeness (QED) is 0.158. The second kappa shape index (κ2) is 17.5. The molecule has 0 bridgehead atoms. The fraction of sp³-hybridized carbons (Fsp3) is 0.458. The molecule has 0 aliphatic carbocycles. The first-order chi connectivity index (χ1) is 15.2. The number of rotatable bonds is 14. The van der Waals surface area contributed by atoms with Crippen LogP contribution in [0, 0.1) is 0 Å². The third-order valence-corrected chi connectivity index (χ3v) is 4.51. The van der Waals surface area contributed by atoms with Crippen molar-refractivity contribution in [3.05, 3.63) is 59.7 Å². The van der Waals surface area contributed by atoms with Crippen molar-refractivity contribution in [2.75, 3.05) is 47.1 Å². The second-order valence-corrected chi connectivity index (χ2v) is 6.82. The zero-order valence-corrected chi connectivity index (χ0v) is 21.6. The molecule has 0 amide bonds. The Kier molecular flexibility index (Phi) is 15.3. The molecule has 8 heteroatoms. The predicted molar refractivity (Wildman–Crippen MR) is 139 cm³/mol. The van der Waals surface area contributed by atoms with Crippen LogP contribution in [0.5, 0.6) is 11.5 Å². The van der Waals surface area contributed by atoms with E-state index in [-0.39, 0.29) is 24.0 Å². The molecule has 0 aromatic heterocycles. The van der Waals surface area contributed by atoms with Gasteiger partial charge in [0, 0.05) is 26.3 Å². The first-order valence-corrected chi connectivity index (χ1v) is 10.7. The van der Waals surface area contributed by atoms with Crippen LogP contribution in [0.2, 0.25) is 0 Å². The molecule has 7 nitrogen and oxygen atoms in total. The molecular formula is C24H36IN3O4. The number of halogens is 1. The van der Waals surface area contributed by atoms with Crippen LogP contribution in [0.15, 0.2) is 53.5 Å². The largest absolute Gasteiger partial charge is 0.497 e. The molecule has 0 aliphatic rings. The van der Waals surface area contributed by atoms with Gasteiger partial charge in [-0.15, -0.1) is 24.0 Å². The van der Waals surface area contributed by atoms with E-state index in [0.29, 0.717) is 26.3 Å². The van der Waals surface area contributed by atoms with Crippen LogP contribution >= 0.6 is 24.0 Å². The Labute approximate surface area is 208 Å². The third kappa shape index (κ3) is 11.5. The van der Waals surface area contributed by atoms with Crippen LogP contribution in [0.25, 0.3) is 0 Å². The average molecular weight is 557 g/mol. The molecule has 0 radical (unpaired) electrons. The molecule has 0 atom stereocenters. The fourth-order valence-corrected chi connectivity index (χ4v) is 2.75. The molecule has 2 N–H and O–H groups in total.